The maximum atomic E-state index is 13.4. The molecule has 0 bridgehead atoms. The van der Waals surface area contributed by atoms with Gasteiger partial charge in [-0.2, -0.15) is 0 Å². The Labute approximate surface area is 159 Å². The van der Waals surface area contributed by atoms with Gasteiger partial charge in [-0.3, -0.25) is 15.0 Å². The van der Waals surface area contributed by atoms with Gasteiger partial charge in [0.25, 0.3) is 5.78 Å². The summed E-state index contributed by atoms with van der Waals surface area (Å²) in [5.41, 5.74) is 4.44. The molecule has 0 fully saturated rings. The highest BCUT2D eigenvalue weighted by atomic mass is 19.1. The topological polar surface area (TPSA) is 81.8 Å². The van der Waals surface area contributed by atoms with Gasteiger partial charge in [-0.05, 0) is 30.2 Å². The maximum Gasteiger partial charge on any atom is 0.311 e. The molecule has 4 rings (SSSR count). The molecule has 140 valence electrons. The molecule has 1 amide bonds. The number of rotatable bonds is 5. The first-order valence-corrected chi connectivity index (χ1v) is 8.63. The molecule has 0 saturated heterocycles. The van der Waals surface area contributed by atoms with Gasteiger partial charge in [0.1, 0.15) is 18.5 Å². The summed E-state index contributed by atoms with van der Waals surface area (Å²) in [6, 6.07) is 7.35. The number of Topliss-reactive ketones (excluding diaryl/α,β-unsaturated/α-hetero) is 1. The molecule has 0 spiro atoms. The highest BCUT2D eigenvalue weighted by molar-refractivity contribution is 6.47. The smallest absolute Gasteiger partial charge is 0.311 e. The van der Waals surface area contributed by atoms with E-state index in [1.54, 1.807) is 18.3 Å². The summed E-state index contributed by atoms with van der Waals surface area (Å²) in [6.07, 6.45) is 11.3. The minimum Gasteiger partial charge on any atom is -0.342 e. The third-order valence-electron chi connectivity index (χ3n) is 4.39. The molecular formula is C20H16FN5O2. The third kappa shape index (κ3) is 3.52. The predicted molar refractivity (Wildman–Crippen MR) is 102 cm³/mol. The van der Waals surface area contributed by atoms with Crippen LogP contribution in [-0.4, -0.2) is 31.1 Å². The number of amides is 1. The molecule has 1 aliphatic carbocycles. The first-order chi connectivity index (χ1) is 13.6. The molecular weight excluding hydrogens is 361 g/mol. The van der Waals surface area contributed by atoms with Gasteiger partial charge in [0.05, 0.1) is 5.56 Å². The highest BCUT2D eigenvalue weighted by Gasteiger charge is 2.22. The Balaban J connectivity index is 1.65. The number of halogens is 1. The van der Waals surface area contributed by atoms with Crippen molar-refractivity contribution in [2.45, 2.75) is 13.0 Å². The van der Waals surface area contributed by atoms with Crippen molar-refractivity contribution in [2.75, 3.05) is 5.43 Å². The van der Waals surface area contributed by atoms with Crippen LogP contribution >= 0.6 is 0 Å². The summed E-state index contributed by atoms with van der Waals surface area (Å²) in [5.74, 6) is -1.73. The summed E-state index contributed by atoms with van der Waals surface area (Å²) in [7, 11) is 0. The quantitative estimate of drug-likeness (QED) is 0.548. The molecule has 0 aliphatic heterocycles. The largest absolute Gasteiger partial charge is 0.342 e. The Morgan fingerprint density at radius 2 is 1.89 bits per heavy atom. The molecule has 28 heavy (non-hydrogen) atoms. The second kappa shape index (κ2) is 7.43. The molecule has 8 heteroatoms. The lowest BCUT2D eigenvalue weighted by Crippen LogP contribution is -2.29. The predicted octanol–water partition coefficient (Wildman–Crippen LogP) is 2.93. The van der Waals surface area contributed by atoms with E-state index in [4.69, 9.17) is 0 Å². The van der Waals surface area contributed by atoms with Crippen molar-refractivity contribution >= 4 is 22.6 Å². The van der Waals surface area contributed by atoms with Crippen LogP contribution in [0.15, 0.2) is 78.8 Å². The summed E-state index contributed by atoms with van der Waals surface area (Å²) < 4.78 is 16.5. The lowest BCUT2D eigenvalue weighted by molar-refractivity contribution is -0.113. The minimum atomic E-state index is -0.789. The molecule has 0 radical (unpaired) electrons. The van der Waals surface area contributed by atoms with Crippen molar-refractivity contribution in [3.8, 4) is 0 Å². The zero-order chi connectivity index (χ0) is 19.5. The van der Waals surface area contributed by atoms with Gasteiger partial charge < -0.3 is 4.57 Å². The van der Waals surface area contributed by atoms with E-state index in [9.17, 15) is 14.0 Å². The average Bonchev–Trinajstić information content (AvgIpc) is 3.28. The van der Waals surface area contributed by atoms with Crippen LogP contribution in [0.3, 0.4) is 0 Å². The fourth-order valence-corrected chi connectivity index (χ4v) is 3.07. The van der Waals surface area contributed by atoms with Crippen LogP contribution in [0.25, 0.3) is 10.9 Å². The number of hydrogen-bond acceptors (Lipinski definition) is 4. The molecule has 1 aliphatic rings. The van der Waals surface area contributed by atoms with E-state index in [-0.39, 0.29) is 5.83 Å². The molecule has 0 unspecified atom stereocenters. The number of allylic oxidation sites excluding steroid dienone is 6. The van der Waals surface area contributed by atoms with E-state index in [1.165, 1.54) is 29.5 Å². The Kier molecular flexibility index (Phi) is 4.67. The molecule has 3 aromatic rings. The van der Waals surface area contributed by atoms with E-state index in [1.807, 2.05) is 28.8 Å². The van der Waals surface area contributed by atoms with Crippen LogP contribution in [0.4, 0.5) is 4.39 Å². The van der Waals surface area contributed by atoms with Crippen molar-refractivity contribution in [1.29, 1.82) is 0 Å². The number of benzene rings is 1. The van der Waals surface area contributed by atoms with Crippen molar-refractivity contribution in [2.24, 2.45) is 0 Å². The van der Waals surface area contributed by atoms with E-state index < -0.39 is 11.7 Å². The molecule has 2 heterocycles. The summed E-state index contributed by atoms with van der Waals surface area (Å²) in [6.45, 7) is 0.457. The first kappa shape index (κ1) is 17.6. The minimum absolute atomic E-state index is 0.273. The summed E-state index contributed by atoms with van der Waals surface area (Å²) in [4.78, 5) is 25.0. The van der Waals surface area contributed by atoms with Crippen molar-refractivity contribution in [3.63, 3.8) is 0 Å². The standard InChI is InChI=1S/C20H16FN5O2/c21-15-5-3-4-14(8-9-15)10-25-11-17(16-6-1-2-7-18(16)25)19(27)20(28)24-26-12-22-23-13-26/h1-2,4-9,11-13H,3,10H2,(H,24,28). The van der Waals surface area contributed by atoms with Gasteiger partial charge in [0, 0.05) is 23.6 Å². The number of nitrogens with one attached hydrogen (secondary N) is 1. The van der Waals surface area contributed by atoms with Gasteiger partial charge in [-0.25, -0.2) is 9.07 Å². The zero-order valence-electron chi connectivity index (χ0n) is 14.7. The van der Waals surface area contributed by atoms with Crippen LogP contribution in [0.5, 0.6) is 0 Å². The second-order valence-corrected chi connectivity index (χ2v) is 6.26. The SMILES string of the molecule is O=C(Nn1cnnc1)C(=O)c1cn(CC2=CCC=C(F)C=C2)c2ccccc12. The molecule has 1 N–H and O–H groups in total. The van der Waals surface area contributed by atoms with Gasteiger partial charge in [-0.1, -0.05) is 30.4 Å². The number of nitrogens with zero attached hydrogens (tertiary/aromatic N) is 4. The zero-order valence-corrected chi connectivity index (χ0v) is 14.7. The highest BCUT2D eigenvalue weighted by Crippen LogP contribution is 2.24. The number of hydrogen-bond donors (Lipinski definition) is 1. The van der Waals surface area contributed by atoms with Crippen molar-refractivity contribution in [3.05, 3.63) is 84.4 Å². The average molecular weight is 377 g/mol. The van der Waals surface area contributed by atoms with Crippen molar-refractivity contribution < 1.29 is 14.0 Å². The molecule has 0 atom stereocenters. The van der Waals surface area contributed by atoms with Crippen LogP contribution in [0.2, 0.25) is 0 Å². The number of para-hydroxylation sites is 1. The fraction of sp³-hybridized carbons (Fsp3) is 0.100. The first-order valence-electron chi connectivity index (χ1n) is 8.63. The van der Waals surface area contributed by atoms with Gasteiger partial charge >= 0.3 is 5.91 Å². The van der Waals surface area contributed by atoms with Crippen molar-refractivity contribution in [1.82, 2.24) is 19.4 Å². The molecule has 7 nitrogen and oxygen atoms in total. The lowest BCUT2D eigenvalue weighted by Gasteiger charge is -2.06. The normalized spacial score (nSPS) is 13.8. The van der Waals surface area contributed by atoms with E-state index in [2.05, 4.69) is 15.6 Å². The van der Waals surface area contributed by atoms with Crippen LogP contribution in [-0.2, 0) is 11.3 Å². The second-order valence-electron chi connectivity index (χ2n) is 6.26. The van der Waals surface area contributed by atoms with Gasteiger partial charge in [-0.15, -0.1) is 10.2 Å². The Hall–Kier alpha value is -3.81. The number of carbonyl (C=O) groups is 2. The number of ketones is 1. The summed E-state index contributed by atoms with van der Waals surface area (Å²) in [5, 5.41) is 7.83. The van der Waals surface area contributed by atoms with Gasteiger partial charge in [0.2, 0.25) is 0 Å². The number of carbonyl (C=O) groups excluding carboxylic acids is 2. The van der Waals surface area contributed by atoms with Crippen LogP contribution in [0.1, 0.15) is 16.8 Å². The molecule has 2 aromatic heterocycles. The Bertz CT molecular complexity index is 1140. The van der Waals surface area contributed by atoms with Gasteiger partial charge in [0.15, 0.2) is 0 Å². The molecule has 1 aromatic carbocycles. The van der Waals surface area contributed by atoms with Crippen LogP contribution in [0, 0.1) is 0 Å². The van der Waals surface area contributed by atoms with E-state index in [0.29, 0.717) is 23.9 Å². The maximum absolute atomic E-state index is 13.4. The Morgan fingerprint density at radius 3 is 2.71 bits per heavy atom. The van der Waals surface area contributed by atoms with Crippen LogP contribution < -0.4 is 5.43 Å². The summed E-state index contributed by atoms with van der Waals surface area (Å²) >= 11 is 0. The van der Waals surface area contributed by atoms with E-state index in [0.717, 1.165) is 11.1 Å². The number of aromatic nitrogens is 4. The fourth-order valence-electron chi connectivity index (χ4n) is 3.07. The Morgan fingerprint density at radius 1 is 1.11 bits per heavy atom. The van der Waals surface area contributed by atoms with E-state index >= 15 is 0 Å². The molecule has 0 saturated carbocycles. The number of fused-ring (bicyclic) bond motifs is 1. The monoisotopic (exact) mass is 377 g/mol. The third-order valence-corrected chi connectivity index (χ3v) is 4.39. The lowest BCUT2D eigenvalue weighted by atomic mass is 10.1.